The number of amides is 1. The summed E-state index contributed by atoms with van der Waals surface area (Å²) in [5.41, 5.74) is -0.672. The van der Waals surface area contributed by atoms with Crippen molar-refractivity contribution >= 4 is 56.4 Å². The number of benzene rings is 2. The van der Waals surface area contributed by atoms with Crippen molar-refractivity contribution in [1.29, 1.82) is 0 Å². The first kappa shape index (κ1) is 21.6. The van der Waals surface area contributed by atoms with Gasteiger partial charge in [0.1, 0.15) is 0 Å². The summed E-state index contributed by atoms with van der Waals surface area (Å²) in [7, 11) is 0. The van der Waals surface area contributed by atoms with Crippen molar-refractivity contribution in [2.45, 2.75) is 6.18 Å². The van der Waals surface area contributed by atoms with E-state index < -0.39 is 17.8 Å². The van der Waals surface area contributed by atoms with E-state index in [1.807, 2.05) is 0 Å². The summed E-state index contributed by atoms with van der Waals surface area (Å²) in [6.07, 6.45) is -4.72. The molecule has 0 aliphatic carbocycles. The number of hydrogen-bond acceptors (Lipinski definition) is 3. The summed E-state index contributed by atoms with van der Waals surface area (Å²) in [5.74, 6) is -0.756. The van der Waals surface area contributed by atoms with Crippen LogP contribution in [0.2, 0.25) is 10.0 Å². The maximum atomic E-state index is 13.7. The number of fused-ring (bicyclic) bond motifs is 1. The van der Waals surface area contributed by atoms with Crippen molar-refractivity contribution in [3.05, 3.63) is 80.5 Å². The smallest absolute Gasteiger partial charge is 0.319 e. The van der Waals surface area contributed by atoms with E-state index in [0.717, 1.165) is 10.5 Å². The summed E-state index contributed by atoms with van der Waals surface area (Å²) < 4.78 is 42.5. The van der Waals surface area contributed by atoms with Gasteiger partial charge >= 0.3 is 6.18 Å². The van der Waals surface area contributed by atoms with Crippen molar-refractivity contribution in [2.75, 3.05) is 5.32 Å². The third-order valence-corrected chi connectivity index (χ3v) is 5.36. The molecule has 4 aromatic rings. The molecule has 0 aliphatic rings. The fraction of sp³-hybridized carbons (Fsp3) is 0.0500. The molecular weight excluding hydrogens is 520 g/mol. The molecule has 0 unspecified atom stereocenters. The molecular formula is C20H10BrCl2F3N4O. The Morgan fingerprint density at radius 3 is 2.42 bits per heavy atom. The minimum absolute atomic E-state index is 0.0945. The van der Waals surface area contributed by atoms with Gasteiger partial charge in [-0.3, -0.25) is 4.79 Å². The number of halogens is 6. The summed E-state index contributed by atoms with van der Waals surface area (Å²) >= 11 is 15.2. The fourth-order valence-corrected chi connectivity index (χ4v) is 3.44. The molecule has 2 heterocycles. The standard InChI is InChI=1S/C20H10BrCl2F3N4O/c21-11-3-1-10(2-4-11)14-8-17(20(24,25)26)30-18(27-14)9-16(29-30)19(31)28-15-7-12(22)5-6-13(15)23/h1-9H,(H,28,31). The van der Waals surface area contributed by atoms with Crippen LogP contribution in [-0.2, 0) is 6.18 Å². The SMILES string of the molecule is O=C(Nc1cc(Cl)ccc1Cl)c1cc2nc(-c3ccc(Br)cc3)cc(C(F)(F)F)n2n1. The van der Waals surface area contributed by atoms with Gasteiger partial charge in [0.15, 0.2) is 17.0 Å². The van der Waals surface area contributed by atoms with Gasteiger partial charge in [-0.15, -0.1) is 0 Å². The first-order valence-corrected chi connectivity index (χ1v) is 10.2. The van der Waals surface area contributed by atoms with Gasteiger partial charge in [-0.1, -0.05) is 51.3 Å². The quantitative estimate of drug-likeness (QED) is 0.320. The second-order valence-corrected chi connectivity index (χ2v) is 8.17. The minimum Gasteiger partial charge on any atom is -0.319 e. The maximum Gasteiger partial charge on any atom is 0.433 e. The minimum atomic E-state index is -4.72. The van der Waals surface area contributed by atoms with E-state index in [2.05, 4.69) is 31.3 Å². The van der Waals surface area contributed by atoms with Gasteiger partial charge in [-0.05, 0) is 36.4 Å². The third-order valence-electron chi connectivity index (χ3n) is 4.27. The zero-order chi connectivity index (χ0) is 22.3. The molecule has 31 heavy (non-hydrogen) atoms. The number of carbonyl (C=O) groups is 1. The normalized spacial score (nSPS) is 11.7. The molecule has 0 bridgehead atoms. The van der Waals surface area contributed by atoms with Crippen LogP contribution in [0.3, 0.4) is 0 Å². The number of hydrogen-bond donors (Lipinski definition) is 1. The summed E-state index contributed by atoms with van der Waals surface area (Å²) in [6, 6.07) is 13.1. The lowest BCUT2D eigenvalue weighted by atomic mass is 10.1. The zero-order valence-corrected chi connectivity index (χ0v) is 18.3. The molecule has 0 spiro atoms. The molecule has 0 saturated carbocycles. The summed E-state index contributed by atoms with van der Waals surface area (Å²) in [5, 5.41) is 6.85. The highest BCUT2D eigenvalue weighted by Gasteiger charge is 2.35. The van der Waals surface area contributed by atoms with Crippen LogP contribution in [0.5, 0.6) is 0 Å². The Kier molecular flexibility index (Phi) is 5.67. The largest absolute Gasteiger partial charge is 0.433 e. The second-order valence-electron chi connectivity index (χ2n) is 6.41. The van der Waals surface area contributed by atoms with Gasteiger partial charge in [0, 0.05) is 21.1 Å². The number of nitrogens with zero attached hydrogens (tertiary/aromatic N) is 3. The Labute approximate surface area is 191 Å². The van der Waals surface area contributed by atoms with E-state index in [1.165, 1.54) is 24.3 Å². The first-order chi connectivity index (χ1) is 14.6. The second kappa shape index (κ2) is 8.14. The maximum absolute atomic E-state index is 13.7. The van der Waals surface area contributed by atoms with Crippen LogP contribution < -0.4 is 5.32 Å². The summed E-state index contributed by atoms with van der Waals surface area (Å²) in [6.45, 7) is 0. The van der Waals surface area contributed by atoms with Crippen LogP contribution in [0.15, 0.2) is 59.1 Å². The molecule has 11 heteroatoms. The molecule has 1 amide bonds. The van der Waals surface area contributed by atoms with Crippen LogP contribution >= 0.6 is 39.1 Å². The van der Waals surface area contributed by atoms with E-state index in [9.17, 15) is 18.0 Å². The molecule has 0 saturated heterocycles. The van der Waals surface area contributed by atoms with Gasteiger partial charge in [0.25, 0.3) is 5.91 Å². The number of alkyl halides is 3. The topological polar surface area (TPSA) is 59.3 Å². The van der Waals surface area contributed by atoms with Crippen LogP contribution in [0.4, 0.5) is 18.9 Å². The predicted octanol–water partition coefficient (Wildman–Crippen LogP) is 6.74. The third kappa shape index (κ3) is 4.53. The van der Waals surface area contributed by atoms with Crippen molar-refractivity contribution in [2.24, 2.45) is 0 Å². The fourth-order valence-electron chi connectivity index (χ4n) is 2.84. The highest BCUT2D eigenvalue weighted by molar-refractivity contribution is 9.10. The molecule has 2 aromatic carbocycles. The number of nitrogens with one attached hydrogen (secondary N) is 1. The van der Waals surface area contributed by atoms with E-state index in [0.29, 0.717) is 15.1 Å². The molecule has 1 N–H and O–H groups in total. The van der Waals surface area contributed by atoms with Crippen LogP contribution in [0.1, 0.15) is 16.2 Å². The summed E-state index contributed by atoms with van der Waals surface area (Å²) in [4.78, 5) is 16.8. The highest BCUT2D eigenvalue weighted by atomic mass is 79.9. The lowest BCUT2D eigenvalue weighted by molar-refractivity contribution is -0.142. The van der Waals surface area contributed by atoms with E-state index in [1.54, 1.807) is 24.3 Å². The molecule has 5 nitrogen and oxygen atoms in total. The van der Waals surface area contributed by atoms with Crippen molar-refractivity contribution in [3.8, 4) is 11.3 Å². The Balaban J connectivity index is 1.79. The number of aromatic nitrogens is 3. The number of anilines is 1. The Bertz CT molecular complexity index is 1310. The van der Waals surface area contributed by atoms with Gasteiger partial charge in [0.2, 0.25) is 0 Å². The molecule has 0 radical (unpaired) electrons. The van der Waals surface area contributed by atoms with Crippen molar-refractivity contribution < 1.29 is 18.0 Å². The van der Waals surface area contributed by atoms with E-state index in [4.69, 9.17) is 23.2 Å². The Morgan fingerprint density at radius 2 is 1.74 bits per heavy atom. The number of rotatable bonds is 3. The highest BCUT2D eigenvalue weighted by Crippen LogP contribution is 2.33. The average molecular weight is 530 g/mol. The molecule has 4 rings (SSSR count). The molecule has 0 fully saturated rings. The zero-order valence-electron chi connectivity index (χ0n) is 15.2. The van der Waals surface area contributed by atoms with Crippen LogP contribution in [0.25, 0.3) is 16.9 Å². The Hall–Kier alpha value is -2.62. The van der Waals surface area contributed by atoms with E-state index in [-0.39, 0.29) is 27.7 Å². The van der Waals surface area contributed by atoms with Crippen molar-refractivity contribution in [3.63, 3.8) is 0 Å². The lowest BCUT2D eigenvalue weighted by Crippen LogP contribution is -2.16. The van der Waals surface area contributed by atoms with Crippen LogP contribution in [-0.4, -0.2) is 20.5 Å². The number of carbonyl (C=O) groups excluding carboxylic acids is 1. The molecule has 0 aliphatic heterocycles. The Morgan fingerprint density at radius 1 is 1.03 bits per heavy atom. The lowest BCUT2D eigenvalue weighted by Gasteiger charge is -2.11. The first-order valence-electron chi connectivity index (χ1n) is 8.62. The van der Waals surface area contributed by atoms with E-state index >= 15 is 0 Å². The molecule has 2 aromatic heterocycles. The molecule has 0 atom stereocenters. The monoisotopic (exact) mass is 528 g/mol. The van der Waals surface area contributed by atoms with Crippen LogP contribution in [0, 0.1) is 0 Å². The van der Waals surface area contributed by atoms with Gasteiger partial charge in [-0.2, -0.15) is 18.3 Å². The van der Waals surface area contributed by atoms with Gasteiger partial charge in [-0.25, -0.2) is 9.50 Å². The van der Waals surface area contributed by atoms with Crippen molar-refractivity contribution in [1.82, 2.24) is 14.6 Å². The van der Waals surface area contributed by atoms with Gasteiger partial charge in [0.05, 0.1) is 16.4 Å². The average Bonchev–Trinajstić information content (AvgIpc) is 3.14. The molecule has 158 valence electrons. The predicted molar refractivity (Wildman–Crippen MR) is 116 cm³/mol. The van der Waals surface area contributed by atoms with Gasteiger partial charge < -0.3 is 5.32 Å².